The molecule has 1 amide bonds. The van der Waals surface area contributed by atoms with E-state index < -0.39 is 0 Å². The number of nitrogens with one attached hydrogen (secondary N) is 1. The number of aryl methyl sites for hydroxylation is 1. The highest BCUT2D eigenvalue weighted by molar-refractivity contribution is 5.94. The van der Waals surface area contributed by atoms with Gasteiger partial charge < -0.3 is 10.2 Å². The van der Waals surface area contributed by atoms with Crippen LogP contribution in [0.25, 0.3) is 0 Å². The van der Waals surface area contributed by atoms with Crippen LogP contribution in [0.2, 0.25) is 0 Å². The zero-order valence-corrected chi connectivity index (χ0v) is 14.6. The molecule has 132 valence electrons. The van der Waals surface area contributed by atoms with Crippen LogP contribution in [0.1, 0.15) is 46.4 Å². The number of carbonyl (C=O) groups excluding carboxylic acids is 1. The lowest BCUT2D eigenvalue weighted by molar-refractivity contribution is 0.0718. The second kappa shape index (κ2) is 7.12. The second-order valence-corrected chi connectivity index (χ2v) is 6.90. The average molecular weight is 347 g/mol. The van der Waals surface area contributed by atoms with Crippen molar-refractivity contribution in [1.29, 1.82) is 5.26 Å². The number of fused-ring (bicyclic) bond motifs is 1. The highest BCUT2D eigenvalue weighted by atomic mass is 16.2. The standard InChI is InChI=1S/C20H21N5O/c21-12-14-4-6-15(7-5-14)20(26)25-10-8-16(9-11-25)24-19-17-2-1-3-18(17)22-13-23-19/h4-7,13,16H,1-3,8-11H2,(H,22,23,24). The molecule has 2 aliphatic rings. The molecule has 6 heteroatoms. The van der Waals surface area contributed by atoms with E-state index >= 15 is 0 Å². The van der Waals surface area contributed by atoms with E-state index in [1.807, 2.05) is 4.90 Å². The fourth-order valence-electron chi connectivity index (χ4n) is 3.77. The molecule has 0 saturated carbocycles. The summed E-state index contributed by atoms with van der Waals surface area (Å²) in [5, 5.41) is 12.4. The zero-order valence-electron chi connectivity index (χ0n) is 14.6. The third-order valence-electron chi connectivity index (χ3n) is 5.26. The molecule has 2 heterocycles. The van der Waals surface area contributed by atoms with Crippen molar-refractivity contribution in [3.05, 3.63) is 53.0 Å². The van der Waals surface area contributed by atoms with Gasteiger partial charge in [0.05, 0.1) is 11.6 Å². The van der Waals surface area contributed by atoms with Crippen molar-refractivity contribution in [2.24, 2.45) is 0 Å². The van der Waals surface area contributed by atoms with Crippen molar-refractivity contribution >= 4 is 11.7 Å². The van der Waals surface area contributed by atoms with Crippen LogP contribution in [-0.4, -0.2) is 39.9 Å². The maximum absolute atomic E-state index is 12.6. The number of anilines is 1. The van der Waals surface area contributed by atoms with E-state index in [2.05, 4.69) is 21.4 Å². The highest BCUT2D eigenvalue weighted by Crippen LogP contribution is 2.27. The van der Waals surface area contributed by atoms with Crippen molar-refractivity contribution < 1.29 is 4.79 Å². The molecule has 26 heavy (non-hydrogen) atoms. The largest absolute Gasteiger partial charge is 0.367 e. The van der Waals surface area contributed by atoms with Gasteiger partial charge in [0.1, 0.15) is 12.1 Å². The Morgan fingerprint density at radius 1 is 1.15 bits per heavy atom. The van der Waals surface area contributed by atoms with Crippen LogP contribution in [0.3, 0.4) is 0 Å². The summed E-state index contributed by atoms with van der Waals surface area (Å²) in [5.74, 6) is 1.01. The number of aromatic nitrogens is 2. The zero-order chi connectivity index (χ0) is 17.9. The van der Waals surface area contributed by atoms with Crippen molar-refractivity contribution in [1.82, 2.24) is 14.9 Å². The van der Waals surface area contributed by atoms with Gasteiger partial charge in [0.15, 0.2) is 0 Å². The Kier molecular flexibility index (Phi) is 4.53. The number of piperidine rings is 1. The Labute approximate surface area is 152 Å². The summed E-state index contributed by atoms with van der Waals surface area (Å²) in [7, 11) is 0. The van der Waals surface area contributed by atoms with Gasteiger partial charge >= 0.3 is 0 Å². The number of amides is 1. The number of nitrogens with zero attached hydrogens (tertiary/aromatic N) is 4. The molecule has 4 rings (SSSR count). The number of carbonyl (C=O) groups is 1. The van der Waals surface area contributed by atoms with Gasteiger partial charge in [-0.25, -0.2) is 9.97 Å². The highest BCUT2D eigenvalue weighted by Gasteiger charge is 2.25. The molecule has 0 atom stereocenters. The van der Waals surface area contributed by atoms with Crippen molar-refractivity contribution in [2.45, 2.75) is 38.1 Å². The number of benzene rings is 1. The Morgan fingerprint density at radius 2 is 1.92 bits per heavy atom. The lowest BCUT2D eigenvalue weighted by Gasteiger charge is -2.33. The number of hydrogen-bond donors (Lipinski definition) is 1. The molecule has 1 saturated heterocycles. The predicted molar refractivity (Wildman–Crippen MR) is 97.8 cm³/mol. The summed E-state index contributed by atoms with van der Waals surface area (Å²) >= 11 is 0. The van der Waals surface area contributed by atoms with E-state index in [9.17, 15) is 4.79 Å². The lowest BCUT2D eigenvalue weighted by atomic mass is 10.0. The number of rotatable bonds is 3. The van der Waals surface area contributed by atoms with Gasteiger partial charge in [-0.1, -0.05) is 0 Å². The van der Waals surface area contributed by atoms with Crippen LogP contribution >= 0.6 is 0 Å². The van der Waals surface area contributed by atoms with E-state index in [4.69, 9.17) is 5.26 Å². The molecular weight excluding hydrogens is 326 g/mol. The lowest BCUT2D eigenvalue weighted by Crippen LogP contribution is -2.42. The van der Waals surface area contributed by atoms with Crippen LogP contribution in [0, 0.1) is 11.3 Å². The summed E-state index contributed by atoms with van der Waals surface area (Å²) < 4.78 is 0. The number of hydrogen-bond acceptors (Lipinski definition) is 5. The molecule has 0 radical (unpaired) electrons. The molecule has 0 bridgehead atoms. The SMILES string of the molecule is N#Cc1ccc(C(=O)N2CCC(Nc3ncnc4c3CCC4)CC2)cc1. The van der Waals surface area contributed by atoms with E-state index in [1.54, 1.807) is 30.6 Å². The van der Waals surface area contributed by atoms with Gasteiger partial charge in [-0.3, -0.25) is 4.79 Å². The first-order valence-corrected chi connectivity index (χ1v) is 9.13. The van der Waals surface area contributed by atoms with Crippen molar-refractivity contribution in [3.63, 3.8) is 0 Å². The Morgan fingerprint density at radius 3 is 2.65 bits per heavy atom. The van der Waals surface area contributed by atoms with Gasteiger partial charge in [0.2, 0.25) is 0 Å². The van der Waals surface area contributed by atoms with E-state index in [0.717, 1.165) is 51.0 Å². The first-order chi connectivity index (χ1) is 12.7. The quantitative estimate of drug-likeness (QED) is 0.923. The summed E-state index contributed by atoms with van der Waals surface area (Å²) in [5.41, 5.74) is 3.66. The van der Waals surface area contributed by atoms with E-state index in [0.29, 0.717) is 17.2 Å². The Balaban J connectivity index is 1.36. The Bertz CT molecular complexity index is 847. The molecule has 0 unspecified atom stereocenters. The third-order valence-corrected chi connectivity index (χ3v) is 5.26. The van der Waals surface area contributed by atoms with Gasteiger partial charge in [-0.05, 0) is 56.4 Å². The summed E-state index contributed by atoms with van der Waals surface area (Å²) in [6, 6.07) is 9.26. The monoisotopic (exact) mass is 347 g/mol. The number of likely N-dealkylation sites (tertiary alicyclic amines) is 1. The van der Waals surface area contributed by atoms with Crippen LogP contribution in [0.4, 0.5) is 5.82 Å². The first kappa shape index (κ1) is 16.5. The molecular formula is C20H21N5O. The number of nitriles is 1. The van der Waals surface area contributed by atoms with Gasteiger partial charge in [0, 0.05) is 36.0 Å². The summed E-state index contributed by atoms with van der Waals surface area (Å²) in [6.07, 6.45) is 6.70. The molecule has 2 aromatic rings. The fourth-order valence-corrected chi connectivity index (χ4v) is 3.77. The van der Waals surface area contributed by atoms with E-state index in [1.165, 1.54) is 11.3 Å². The van der Waals surface area contributed by atoms with Crippen LogP contribution in [0.15, 0.2) is 30.6 Å². The molecule has 1 fully saturated rings. The minimum absolute atomic E-state index is 0.0378. The fraction of sp³-hybridized carbons (Fsp3) is 0.400. The predicted octanol–water partition coefficient (Wildman–Crippen LogP) is 2.55. The topological polar surface area (TPSA) is 81.9 Å². The van der Waals surface area contributed by atoms with Crippen molar-refractivity contribution in [2.75, 3.05) is 18.4 Å². The van der Waals surface area contributed by atoms with Gasteiger partial charge in [0.25, 0.3) is 5.91 Å². The maximum Gasteiger partial charge on any atom is 0.253 e. The molecule has 1 aromatic heterocycles. The molecule has 1 aromatic carbocycles. The minimum Gasteiger partial charge on any atom is -0.367 e. The first-order valence-electron chi connectivity index (χ1n) is 9.13. The van der Waals surface area contributed by atoms with E-state index in [-0.39, 0.29) is 5.91 Å². The molecule has 1 N–H and O–H groups in total. The molecule has 6 nitrogen and oxygen atoms in total. The third kappa shape index (κ3) is 3.25. The normalized spacial score (nSPS) is 16.8. The van der Waals surface area contributed by atoms with Gasteiger partial charge in [-0.15, -0.1) is 0 Å². The summed E-state index contributed by atoms with van der Waals surface area (Å²) in [4.78, 5) is 23.3. The molecule has 1 aliphatic heterocycles. The maximum atomic E-state index is 12.6. The average Bonchev–Trinajstić information content (AvgIpc) is 3.18. The molecule has 1 aliphatic carbocycles. The molecule has 0 spiro atoms. The van der Waals surface area contributed by atoms with Crippen LogP contribution in [0.5, 0.6) is 0 Å². The second-order valence-electron chi connectivity index (χ2n) is 6.90. The smallest absolute Gasteiger partial charge is 0.253 e. The van der Waals surface area contributed by atoms with Crippen LogP contribution in [-0.2, 0) is 12.8 Å². The van der Waals surface area contributed by atoms with Crippen molar-refractivity contribution in [3.8, 4) is 6.07 Å². The van der Waals surface area contributed by atoms with Gasteiger partial charge in [-0.2, -0.15) is 5.26 Å². The Hall–Kier alpha value is -2.94. The van der Waals surface area contributed by atoms with Crippen LogP contribution < -0.4 is 5.32 Å². The minimum atomic E-state index is 0.0378. The summed E-state index contributed by atoms with van der Waals surface area (Å²) in [6.45, 7) is 1.45.